The SMILES string of the molecule is C#Cc1c(F)ccc2cc(O)cc(-c3ncc4c(N5C[C@H]6CC[C@@H](C5)N6)nc(OCC5CCN(Cc6ccc(N7CCC(=O)NC7=O)nn6)CC5)nc4c3F)c12. The molecule has 4 aliphatic heterocycles. The van der Waals surface area contributed by atoms with Crippen LogP contribution < -0.4 is 25.2 Å². The monoisotopic (exact) mass is 760 g/mol. The van der Waals surface area contributed by atoms with Crippen LogP contribution in [0.2, 0.25) is 0 Å². The molecular formula is C40H38F2N10O4. The van der Waals surface area contributed by atoms with E-state index in [1.165, 1.54) is 35.4 Å². The Labute approximate surface area is 320 Å². The fourth-order valence-electron chi connectivity index (χ4n) is 8.33. The lowest BCUT2D eigenvalue weighted by atomic mass is 9.96. The molecule has 0 spiro atoms. The molecule has 2 bridgehead atoms. The number of terminal acetylenes is 1. The van der Waals surface area contributed by atoms with Gasteiger partial charge in [0, 0.05) is 61.8 Å². The molecule has 0 saturated carbocycles. The molecule has 56 heavy (non-hydrogen) atoms. The van der Waals surface area contributed by atoms with E-state index in [1.54, 1.807) is 6.07 Å². The van der Waals surface area contributed by atoms with Gasteiger partial charge < -0.3 is 20.1 Å². The molecule has 4 fully saturated rings. The number of phenols is 1. The van der Waals surface area contributed by atoms with Crippen molar-refractivity contribution in [3.05, 3.63) is 65.5 Å². The number of hydrogen-bond acceptors (Lipinski definition) is 12. The summed E-state index contributed by atoms with van der Waals surface area (Å²) >= 11 is 0. The minimum Gasteiger partial charge on any atom is -0.508 e. The Morgan fingerprint density at radius 2 is 1.79 bits per heavy atom. The maximum absolute atomic E-state index is 16.9. The molecular weight excluding hydrogens is 723 g/mol. The maximum Gasteiger partial charge on any atom is 0.329 e. The fraction of sp³-hybridized carbons (Fsp3) is 0.375. The van der Waals surface area contributed by atoms with E-state index < -0.39 is 17.7 Å². The number of ether oxygens (including phenoxy) is 1. The molecule has 14 nitrogen and oxygen atoms in total. The molecule has 3 N–H and O–H groups in total. The zero-order valence-electron chi connectivity index (χ0n) is 30.3. The van der Waals surface area contributed by atoms with Gasteiger partial charge in [-0.05, 0) is 80.4 Å². The first-order valence-corrected chi connectivity index (χ1v) is 18.8. The van der Waals surface area contributed by atoms with E-state index >= 15 is 4.39 Å². The predicted molar refractivity (Wildman–Crippen MR) is 203 cm³/mol. The average molecular weight is 761 g/mol. The number of pyridine rings is 1. The summed E-state index contributed by atoms with van der Waals surface area (Å²) in [5.41, 5.74) is 0.743. The number of urea groups is 1. The number of hydrogen-bond donors (Lipinski definition) is 3. The summed E-state index contributed by atoms with van der Waals surface area (Å²) in [6.45, 7) is 4.15. The molecule has 4 saturated heterocycles. The Bertz CT molecular complexity index is 2410. The molecule has 9 rings (SSSR count). The molecule has 2 atom stereocenters. The summed E-state index contributed by atoms with van der Waals surface area (Å²) in [6, 6.07) is 9.19. The summed E-state index contributed by atoms with van der Waals surface area (Å²) in [7, 11) is 0. The summed E-state index contributed by atoms with van der Waals surface area (Å²) < 4.78 is 38.1. The van der Waals surface area contributed by atoms with E-state index in [0.717, 1.165) is 44.5 Å². The number of nitrogens with zero attached hydrogens (tertiary/aromatic N) is 8. The third-order valence-electron chi connectivity index (χ3n) is 11.2. The van der Waals surface area contributed by atoms with Crippen LogP contribution in [0.4, 0.5) is 25.2 Å². The van der Waals surface area contributed by atoms with Crippen LogP contribution in [0.3, 0.4) is 0 Å². The molecule has 0 aliphatic carbocycles. The first-order valence-electron chi connectivity index (χ1n) is 18.8. The zero-order chi connectivity index (χ0) is 38.5. The Morgan fingerprint density at radius 3 is 2.52 bits per heavy atom. The number of anilines is 2. The lowest BCUT2D eigenvalue weighted by Gasteiger charge is -2.34. The van der Waals surface area contributed by atoms with E-state index in [0.29, 0.717) is 48.6 Å². The maximum atomic E-state index is 16.9. The van der Waals surface area contributed by atoms with Crippen molar-refractivity contribution in [3.8, 4) is 35.4 Å². The second-order valence-corrected chi connectivity index (χ2v) is 14.9. The van der Waals surface area contributed by atoms with Crippen molar-refractivity contribution < 1.29 is 28.2 Å². The van der Waals surface area contributed by atoms with Crippen LogP contribution in [0.1, 0.15) is 43.4 Å². The number of rotatable bonds is 8. The number of halogens is 2. The number of aromatic nitrogens is 5. The largest absolute Gasteiger partial charge is 0.508 e. The number of piperidine rings is 1. The predicted octanol–water partition coefficient (Wildman–Crippen LogP) is 4.28. The normalized spacial score (nSPS) is 20.4. The number of nitrogens with one attached hydrogen (secondary N) is 2. The van der Waals surface area contributed by atoms with Crippen molar-refractivity contribution in [2.45, 2.75) is 50.7 Å². The minimum atomic E-state index is -0.757. The average Bonchev–Trinajstić information content (AvgIpc) is 3.54. The fourth-order valence-corrected chi connectivity index (χ4v) is 8.33. The molecule has 0 radical (unpaired) electrons. The van der Waals surface area contributed by atoms with Crippen LogP contribution >= 0.6 is 0 Å². The van der Waals surface area contributed by atoms with Gasteiger partial charge in [0.05, 0.1) is 23.3 Å². The standard InChI is InChI=1S/C40H38F2N10O4/c1-2-28-31(41)7-3-23-15-27(53)16-29(34(23)28)36-35(42)37-30(17-43-36)38(51-19-24-4-5-25(20-51)44-24)47-39(46-37)56-21-22-9-12-50(13-10-22)18-26-6-8-32(49-48-26)52-14-11-33(54)45-40(52)55/h1,3,6-8,15-17,22,24-25,44,53H,4-5,9-14,18-21H2,(H,45,54,55)/t24-,25+. The highest BCUT2D eigenvalue weighted by atomic mass is 19.1. The molecule has 0 unspecified atom stereocenters. The topological polar surface area (TPSA) is 162 Å². The summed E-state index contributed by atoms with van der Waals surface area (Å²) in [5.74, 6) is 1.67. The highest BCUT2D eigenvalue weighted by Crippen LogP contribution is 2.39. The van der Waals surface area contributed by atoms with E-state index in [1.807, 2.05) is 6.07 Å². The van der Waals surface area contributed by atoms with Crippen LogP contribution in [0.15, 0.2) is 42.6 Å². The zero-order valence-corrected chi connectivity index (χ0v) is 30.3. The number of phenolic OH excluding ortho intramolecular Hbond substituents is 1. The molecule has 3 amide bonds. The number of piperazine rings is 1. The van der Waals surface area contributed by atoms with E-state index in [-0.39, 0.29) is 76.4 Å². The minimum absolute atomic E-state index is 0.00684. The first kappa shape index (κ1) is 35.6. The first-order chi connectivity index (χ1) is 27.2. The third-order valence-corrected chi connectivity index (χ3v) is 11.2. The van der Waals surface area contributed by atoms with Gasteiger partial charge in [-0.3, -0.25) is 24.9 Å². The van der Waals surface area contributed by atoms with Gasteiger partial charge >= 0.3 is 12.0 Å². The summed E-state index contributed by atoms with van der Waals surface area (Å²) in [5, 5.41) is 26.2. The van der Waals surface area contributed by atoms with E-state index in [4.69, 9.17) is 16.1 Å². The summed E-state index contributed by atoms with van der Waals surface area (Å²) in [4.78, 5) is 43.4. The quantitative estimate of drug-likeness (QED) is 0.193. The van der Waals surface area contributed by atoms with E-state index in [2.05, 4.69) is 46.5 Å². The number of fused-ring (bicyclic) bond motifs is 4. The lowest BCUT2D eigenvalue weighted by Crippen LogP contribution is -2.51. The van der Waals surface area contributed by atoms with Gasteiger partial charge in [0.2, 0.25) is 5.91 Å². The Kier molecular flexibility index (Phi) is 9.26. The van der Waals surface area contributed by atoms with Crippen LogP contribution in [0.25, 0.3) is 32.9 Å². The number of likely N-dealkylation sites (tertiary alicyclic amines) is 1. The molecule has 7 heterocycles. The second-order valence-electron chi connectivity index (χ2n) is 14.9. The van der Waals surface area contributed by atoms with Gasteiger partial charge in [0.15, 0.2) is 11.6 Å². The Hall–Kier alpha value is -6.05. The molecule has 5 aromatic rings. The molecule has 2 aromatic carbocycles. The van der Waals surface area contributed by atoms with Gasteiger partial charge in [-0.15, -0.1) is 11.5 Å². The highest BCUT2D eigenvalue weighted by molar-refractivity contribution is 6.05. The van der Waals surface area contributed by atoms with Crippen molar-refractivity contribution in [2.24, 2.45) is 5.92 Å². The Morgan fingerprint density at radius 1 is 0.982 bits per heavy atom. The van der Waals surface area contributed by atoms with Crippen LogP contribution in [0.5, 0.6) is 11.8 Å². The van der Waals surface area contributed by atoms with Gasteiger partial charge in [-0.1, -0.05) is 12.0 Å². The van der Waals surface area contributed by atoms with Crippen molar-refractivity contribution in [1.82, 2.24) is 40.7 Å². The number of amides is 3. The molecule has 3 aromatic heterocycles. The lowest BCUT2D eigenvalue weighted by molar-refractivity contribution is -0.120. The van der Waals surface area contributed by atoms with Crippen LogP contribution in [-0.2, 0) is 11.3 Å². The summed E-state index contributed by atoms with van der Waals surface area (Å²) in [6.07, 6.45) is 11.2. The third kappa shape index (κ3) is 6.77. The second kappa shape index (κ2) is 14.5. The highest BCUT2D eigenvalue weighted by Gasteiger charge is 2.35. The van der Waals surface area contributed by atoms with Crippen molar-refractivity contribution >= 4 is 45.2 Å². The van der Waals surface area contributed by atoms with Crippen molar-refractivity contribution in [1.29, 1.82) is 0 Å². The number of aromatic hydroxyl groups is 1. The number of carbonyl (C=O) groups is 2. The van der Waals surface area contributed by atoms with Gasteiger partial charge in [-0.25, -0.2) is 13.6 Å². The van der Waals surface area contributed by atoms with Gasteiger partial charge in [0.25, 0.3) is 0 Å². The number of carbonyl (C=O) groups excluding carboxylic acids is 2. The van der Waals surface area contributed by atoms with Crippen LogP contribution in [-0.4, -0.2) is 98.5 Å². The van der Waals surface area contributed by atoms with Crippen molar-refractivity contribution in [3.63, 3.8) is 0 Å². The molecule has 286 valence electrons. The van der Waals surface area contributed by atoms with Gasteiger partial charge in [0.1, 0.15) is 28.6 Å². The van der Waals surface area contributed by atoms with Crippen molar-refractivity contribution in [2.75, 3.05) is 49.1 Å². The Balaban J connectivity index is 0.946. The molecule has 4 aliphatic rings. The van der Waals surface area contributed by atoms with Crippen LogP contribution in [0, 0.1) is 29.9 Å². The smallest absolute Gasteiger partial charge is 0.329 e. The molecule has 16 heteroatoms. The number of imide groups is 1. The number of benzene rings is 2. The van der Waals surface area contributed by atoms with Gasteiger partial charge in [-0.2, -0.15) is 15.1 Å². The van der Waals surface area contributed by atoms with E-state index in [9.17, 15) is 19.1 Å².